The molecule has 1 aliphatic heterocycles. The molecular formula is C15H18BrN5O2. The van der Waals surface area contributed by atoms with E-state index in [-0.39, 0.29) is 0 Å². The molecular weight excluding hydrogens is 362 g/mol. The first-order valence-corrected chi connectivity index (χ1v) is 8.27. The zero-order chi connectivity index (χ0) is 16.2. The predicted molar refractivity (Wildman–Crippen MR) is 91.9 cm³/mol. The maximum Gasteiger partial charge on any atom is 0.404 e. The first-order valence-electron chi connectivity index (χ1n) is 7.48. The molecule has 0 unspecified atom stereocenters. The van der Waals surface area contributed by atoms with Crippen molar-refractivity contribution in [1.29, 1.82) is 0 Å². The van der Waals surface area contributed by atoms with Crippen molar-refractivity contribution in [2.45, 2.75) is 0 Å². The van der Waals surface area contributed by atoms with E-state index in [2.05, 4.69) is 36.0 Å². The average Bonchev–Trinajstić information content (AvgIpc) is 2.54. The lowest BCUT2D eigenvalue weighted by molar-refractivity contribution is 0.190. The number of nitrogens with one attached hydrogen (secondary N) is 1. The van der Waals surface area contributed by atoms with Crippen molar-refractivity contribution in [2.75, 3.05) is 44.2 Å². The average molecular weight is 380 g/mol. The van der Waals surface area contributed by atoms with Gasteiger partial charge in [0.2, 0.25) is 0 Å². The van der Waals surface area contributed by atoms with Crippen LogP contribution in [0, 0.1) is 0 Å². The van der Waals surface area contributed by atoms with Gasteiger partial charge in [0, 0.05) is 43.7 Å². The summed E-state index contributed by atoms with van der Waals surface area (Å²) in [6.07, 6.45) is 0.846. The Balaban J connectivity index is 1.60. The highest BCUT2D eigenvalue weighted by atomic mass is 79.9. The molecule has 0 spiro atoms. The molecule has 0 saturated carbocycles. The number of rotatable bonds is 4. The van der Waals surface area contributed by atoms with E-state index in [0.29, 0.717) is 6.54 Å². The van der Waals surface area contributed by atoms with Crippen LogP contribution in [0.1, 0.15) is 0 Å². The summed E-state index contributed by atoms with van der Waals surface area (Å²) >= 11 is 3.46. The molecule has 1 aromatic carbocycles. The van der Waals surface area contributed by atoms with Crippen LogP contribution in [0.2, 0.25) is 0 Å². The first-order chi connectivity index (χ1) is 11.1. The molecule has 2 aromatic rings. The van der Waals surface area contributed by atoms with Crippen molar-refractivity contribution >= 4 is 38.9 Å². The van der Waals surface area contributed by atoms with Crippen molar-refractivity contribution in [3.63, 3.8) is 0 Å². The van der Waals surface area contributed by atoms with Gasteiger partial charge in [0.1, 0.15) is 5.82 Å². The third kappa shape index (κ3) is 4.08. The highest BCUT2D eigenvalue weighted by molar-refractivity contribution is 9.10. The second-order valence-electron chi connectivity index (χ2n) is 5.42. The van der Waals surface area contributed by atoms with Crippen LogP contribution in [0.15, 0.2) is 28.9 Å². The largest absolute Gasteiger partial charge is 0.465 e. The van der Waals surface area contributed by atoms with E-state index < -0.39 is 6.09 Å². The van der Waals surface area contributed by atoms with Gasteiger partial charge in [0.05, 0.1) is 17.2 Å². The summed E-state index contributed by atoms with van der Waals surface area (Å²) in [7, 11) is 0. The van der Waals surface area contributed by atoms with E-state index in [1.54, 1.807) is 0 Å². The van der Waals surface area contributed by atoms with Gasteiger partial charge in [0.25, 0.3) is 0 Å². The molecule has 0 bridgehead atoms. The molecule has 7 nitrogen and oxygen atoms in total. The Hall–Kier alpha value is -1.93. The van der Waals surface area contributed by atoms with Crippen LogP contribution in [0.3, 0.4) is 0 Å². The highest BCUT2D eigenvalue weighted by Gasteiger charge is 2.18. The van der Waals surface area contributed by atoms with Crippen LogP contribution in [0.5, 0.6) is 0 Å². The lowest BCUT2D eigenvalue weighted by atomic mass is 10.3. The number of fused-ring (bicyclic) bond motifs is 1. The van der Waals surface area contributed by atoms with Crippen molar-refractivity contribution < 1.29 is 9.90 Å². The standard InChI is InChI=1S/C15H18BrN5O2/c16-11-1-2-12-13(9-11)19-14(10-18-12)21-7-5-20(6-8-21)4-3-17-15(22)23/h1-2,9-10,17H,3-8H2,(H,22,23). The van der Waals surface area contributed by atoms with Crippen LogP contribution in [-0.4, -0.2) is 65.3 Å². The third-order valence-electron chi connectivity index (χ3n) is 3.89. The summed E-state index contributed by atoms with van der Waals surface area (Å²) < 4.78 is 0.993. The number of nitrogens with zero attached hydrogens (tertiary/aromatic N) is 4. The lowest BCUT2D eigenvalue weighted by Crippen LogP contribution is -2.48. The molecule has 2 heterocycles. The number of carboxylic acid groups (broad SMARTS) is 1. The molecule has 1 saturated heterocycles. The van der Waals surface area contributed by atoms with Crippen molar-refractivity contribution in [2.24, 2.45) is 0 Å². The number of amides is 1. The zero-order valence-electron chi connectivity index (χ0n) is 12.6. The van der Waals surface area contributed by atoms with Gasteiger partial charge in [-0.1, -0.05) is 15.9 Å². The molecule has 1 amide bonds. The molecule has 0 atom stereocenters. The first kappa shape index (κ1) is 15.9. The third-order valence-corrected chi connectivity index (χ3v) is 4.39. The Morgan fingerprint density at radius 3 is 2.78 bits per heavy atom. The number of hydrogen-bond donors (Lipinski definition) is 2. The van der Waals surface area contributed by atoms with Crippen molar-refractivity contribution in [3.8, 4) is 0 Å². The number of benzene rings is 1. The minimum atomic E-state index is -0.971. The van der Waals surface area contributed by atoms with Crippen molar-refractivity contribution in [3.05, 3.63) is 28.9 Å². The molecule has 0 radical (unpaired) electrons. The van der Waals surface area contributed by atoms with Gasteiger partial charge >= 0.3 is 6.09 Å². The van der Waals surface area contributed by atoms with Crippen LogP contribution >= 0.6 is 15.9 Å². The summed E-state index contributed by atoms with van der Waals surface area (Å²) in [6.45, 7) is 4.69. The van der Waals surface area contributed by atoms with E-state index in [9.17, 15) is 4.79 Å². The van der Waals surface area contributed by atoms with Crippen LogP contribution in [-0.2, 0) is 0 Å². The molecule has 2 N–H and O–H groups in total. The van der Waals surface area contributed by atoms with Crippen LogP contribution in [0.25, 0.3) is 11.0 Å². The van der Waals surface area contributed by atoms with Gasteiger partial charge in [-0.15, -0.1) is 0 Å². The predicted octanol–water partition coefficient (Wildman–Crippen LogP) is 1.78. The van der Waals surface area contributed by atoms with Crippen molar-refractivity contribution in [1.82, 2.24) is 20.2 Å². The molecule has 8 heteroatoms. The molecule has 1 aromatic heterocycles. The number of anilines is 1. The molecule has 3 rings (SSSR count). The second kappa shape index (κ2) is 7.10. The second-order valence-corrected chi connectivity index (χ2v) is 6.34. The van der Waals surface area contributed by atoms with E-state index >= 15 is 0 Å². The SMILES string of the molecule is O=C(O)NCCN1CCN(c2cnc3ccc(Br)cc3n2)CC1. The van der Waals surface area contributed by atoms with E-state index in [1.165, 1.54) is 0 Å². The maximum absolute atomic E-state index is 10.5. The Morgan fingerprint density at radius 2 is 2.04 bits per heavy atom. The Morgan fingerprint density at radius 1 is 1.26 bits per heavy atom. The van der Waals surface area contributed by atoms with Gasteiger partial charge in [-0.25, -0.2) is 9.78 Å². The summed E-state index contributed by atoms with van der Waals surface area (Å²) in [6, 6.07) is 5.88. The maximum atomic E-state index is 10.5. The van der Waals surface area contributed by atoms with Gasteiger partial charge < -0.3 is 15.3 Å². The Kier molecular flexibility index (Phi) is 4.92. The fourth-order valence-corrected chi connectivity index (χ4v) is 3.00. The van der Waals surface area contributed by atoms with E-state index in [4.69, 9.17) is 10.1 Å². The van der Waals surface area contributed by atoms with Crippen LogP contribution < -0.4 is 10.2 Å². The summed E-state index contributed by atoms with van der Waals surface area (Å²) in [5.41, 5.74) is 1.76. The van der Waals surface area contributed by atoms with Gasteiger partial charge in [-0.05, 0) is 18.2 Å². The van der Waals surface area contributed by atoms with Crippen LogP contribution in [0.4, 0.5) is 10.6 Å². The normalized spacial score (nSPS) is 15.8. The molecule has 1 aliphatic rings. The number of aromatic nitrogens is 2. The fraction of sp³-hybridized carbons (Fsp3) is 0.400. The highest BCUT2D eigenvalue weighted by Crippen LogP contribution is 2.20. The number of hydrogen-bond acceptors (Lipinski definition) is 5. The summed E-state index contributed by atoms with van der Waals surface area (Å²) in [5.74, 6) is 0.888. The van der Waals surface area contributed by atoms with Gasteiger partial charge in [-0.2, -0.15) is 0 Å². The lowest BCUT2D eigenvalue weighted by Gasteiger charge is -2.35. The number of piperazine rings is 1. The molecule has 1 fully saturated rings. The van der Waals surface area contributed by atoms with E-state index in [0.717, 1.165) is 54.0 Å². The monoisotopic (exact) mass is 379 g/mol. The summed E-state index contributed by atoms with van der Waals surface area (Å²) in [5, 5.41) is 11.0. The molecule has 23 heavy (non-hydrogen) atoms. The Labute approximate surface area is 142 Å². The smallest absolute Gasteiger partial charge is 0.404 e. The minimum Gasteiger partial charge on any atom is -0.465 e. The summed E-state index contributed by atoms with van der Waals surface area (Å²) in [4.78, 5) is 24.1. The van der Waals surface area contributed by atoms with E-state index in [1.807, 2.05) is 24.4 Å². The minimum absolute atomic E-state index is 0.457. The number of carbonyl (C=O) groups is 1. The zero-order valence-corrected chi connectivity index (χ0v) is 14.2. The van der Waals surface area contributed by atoms with Gasteiger partial charge in [-0.3, -0.25) is 9.88 Å². The Bertz CT molecular complexity index is 703. The quantitative estimate of drug-likeness (QED) is 0.842. The topological polar surface area (TPSA) is 81.6 Å². The fourth-order valence-electron chi connectivity index (χ4n) is 2.65. The molecule has 0 aliphatic carbocycles. The number of halogens is 1. The molecule has 122 valence electrons. The van der Waals surface area contributed by atoms with Gasteiger partial charge in [0.15, 0.2) is 0 Å².